The molecule has 0 aromatic carbocycles. The Labute approximate surface area is 90.7 Å². The normalized spacial score (nSPS) is 14.0. The minimum Gasteiger partial charge on any atom is -0.126 e. The molecule has 0 aliphatic rings. The second-order valence-electron chi connectivity index (χ2n) is 4.55. The molecule has 0 bridgehead atoms. The molecule has 0 radical (unpaired) electrons. The minimum absolute atomic E-state index is 0.172. The first-order chi connectivity index (χ1) is 5.12. The van der Waals surface area contributed by atoms with E-state index < -0.39 is 6.00 Å². The van der Waals surface area contributed by atoms with Crippen LogP contribution < -0.4 is 0 Å². The SMILES string of the molecule is CC(C)CC(C)(C)C[Si](Cl)(Cl)Cl. The predicted molar refractivity (Wildman–Crippen MR) is 61.4 cm³/mol. The van der Waals surface area contributed by atoms with Crippen molar-refractivity contribution in [2.24, 2.45) is 11.3 Å². The number of hydrogen-bond acceptors (Lipinski definition) is 0. The summed E-state index contributed by atoms with van der Waals surface area (Å²) in [6, 6.07) is -1.69. The molecule has 0 spiro atoms. The molecule has 0 saturated carbocycles. The first kappa shape index (κ1) is 13.1. The second kappa shape index (κ2) is 4.54. The largest absolute Gasteiger partial charge is 0.341 e. The summed E-state index contributed by atoms with van der Waals surface area (Å²) in [5.74, 6) is 0.668. The van der Waals surface area contributed by atoms with Gasteiger partial charge in [-0.3, -0.25) is 0 Å². The van der Waals surface area contributed by atoms with E-state index in [1.807, 2.05) is 0 Å². The maximum absolute atomic E-state index is 5.87. The van der Waals surface area contributed by atoms with Crippen LogP contribution in [0.4, 0.5) is 0 Å². The Morgan fingerprint density at radius 2 is 1.58 bits per heavy atom. The van der Waals surface area contributed by atoms with Crippen molar-refractivity contribution < 1.29 is 0 Å². The maximum Gasteiger partial charge on any atom is 0.341 e. The monoisotopic (exact) mass is 246 g/mol. The Balaban J connectivity index is 4.04. The molecule has 0 aliphatic carbocycles. The van der Waals surface area contributed by atoms with E-state index in [2.05, 4.69) is 27.7 Å². The summed E-state index contributed by atoms with van der Waals surface area (Å²) in [4.78, 5) is 0. The summed E-state index contributed by atoms with van der Waals surface area (Å²) in [6.07, 6.45) is 1.12. The lowest BCUT2D eigenvalue weighted by atomic mass is 9.86. The van der Waals surface area contributed by atoms with Gasteiger partial charge in [-0.25, -0.2) is 0 Å². The third-order valence-corrected chi connectivity index (χ3v) is 4.20. The molecular weight excluding hydrogens is 231 g/mol. The van der Waals surface area contributed by atoms with Crippen molar-refractivity contribution in [2.75, 3.05) is 0 Å². The summed E-state index contributed by atoms with van der Waals surface area (Å²) in [5.41, 5.74) is 0.172. The van der Waals surface area contributed by atoms with Gasteiger partial charge < -0.3 is 0 Å². The molecule has 4 heteroatoms. The summed E-state index contributed by atoms with van der Waals surface area (Å²) in [5, 5.41) is 0. The van der Waals surface area contributed by atoms with E-state index in [-0.39, 0.29) is 5.41 Å². The molecule has 0 aromatic rings. The van der Waals surface area contributed by atoms with Crippen LogP contribution in [0.2, 0.25) is 6.04 Å². The highest BCUT2D eigenvalue weighted by Gasteiger charge is 2.34. The van der Waals surface area contributed by atoms with Crippen LogP contribution in [0.25, 0.3) is 0 Å². The van der Waals surface area contributed by atoms with Crippen molar-refractivity contribution in [2.45, 2.75) is 40.2 Å². The number of hydrogen-bond donors (Lipinski definition) is 0. The fourth-order valence-electron chi connectivity index (χ4n) is 1.72. The van der Waals surface area contributed by atoms with E-state index in [1.54, 1.807) is 0 Å². The lowest BCUT2D eigenvalue weighted by Gasteiger charge is -2.28. The molecule has 0 amide bonds. The van der Waals surface area contributed by atoms with Crippen LogP contribution in [0, 0.1) is 11.3 Å². The van der Waals surface area contributed by atoms with Crippen LogP contribution in [-0.2, 0) is 0 Å². The van der Waals surface area contributed by atoms with E-state index in [0.29, 0.717) is 5.92 Å². The van der Waals surface area contributed by atoms with Gasteiger partial charge in [-0.05, 0) is 23.8 Å². The molecule has 0 aromatic heterocycles. The molecule has 12 heavy (non-hydrogen) atoms. The van der Waals surface area contributed by atoms with Gasteiger partial charge in [0, 0.05) is 0 Å². The second-order valence-corrected chi connectivity index (χ2v) is 13.7. The van der Waals surface area contributed by atoms with Crippen LogP contribution in [0.1, 0.15) is 34.1 Å². The van der Waals surface area contributed by atoms with Crippen molar-refractivity contribution >= 4 is 39.2 Å². The van der Waals surface area contributed by atoms with Gasteiger partial charge in [0.1, 0.15) is 0 Å². The van der Waals surface area contributed by atoms with E-state index in [1.165, 1.54) is 0 Å². The molecule has 0 rings (SSSR count). The average molecular weight is 248 g/mol. The van der Waals surface area contributed by atoms with Crippen molar-refractivity contribution in [1.29, 1.82) is 0 Å². The fourth-order valence-corrected chi connectivity index (χ4v) is 6.21. The lowest BCUT2D eigenvalue weighted by molar-refractivity contribution is 0.319. The first-order valence-corrected chi connectivity index (χ1v) is 9.43. The topological polar surface area (TPSA) is 0 Å². The summed E-state index contributed by atoms with van der Waals surface area (Å²) in [7, 11) is 0. The van der Waals surface area contributed by atoms with Gasteiger partial charge in [-0.2, -0.15) is 0 Å². The molecule has 0 atom stereocenters. The van der Waals surface area contributed by atoms with Gasteiger partial charge in [0.05, 0.1) is 0 Å². The molecule has 0 fully saturated rings. The highest BCUT2D eigenvalue weighted by atomic mass is 35.8. The quantitative estimate of drug-likeness (QED) is 0.498. The predicted octanol–water partition coefficient (Wildman–Crippen LogP) is 4.71. The molecule has 0 saturated heterocycles. The van der Waals surface area contributed by atoms with Gasteiger partial charge in [-0.1, -0.05) is 27.7 Å². The van der Waals surface area contributed by atoms with Crippen LogP contribution in [0.3, 0.4) is 0 Å². The minimum atomic E-state index is -2.44. The Morgan fingerprint density at radius 3 is 1.83 bits per heavy atom. The van der Waals surface area contributed by atoms with Crippen molar-refractivity contribution in [1.82, 2.24) is 0 Å². The van der Waals surface area contributed by atoms with Crippen molar-refractivity contribution in [3.63, 3.8) is 0 Å². The third kappa shape index (κ3) is 7.72. The zero-order chi connectivity index (χ0) is 9.99. The smallest absolute Gasteiger partial charge is 0.126 e. The van der Waals surface area contributed by atoms with Crippen LogP contribution >= 0.6 is 33.2 Å². The Bertz CT molecular complexity index is 138. The van der Waals surface area contributed by atoms with Crippen LogP contribution in [0.5, 0.6) is 0 Å². The summed E-state index contributed by atoms with van der Waals surface area (Å²) in [6.45, 7) is 8.73. The zero-order valence-corrected chi connectivity index (χ0v) is 11.4. The van der Waals surface area contributed by atoms with E-state index in [0.717, 1.165) is 12.5 Å². The molecule has 0 N–H and O–H groups in total. The number of rotatable bonds is 4. The molecular formula is C8H17Cl3Si. The van der Waals surface area contributed by atoms with Crippen LogP contribution in [0.15, 0.2) is 0 Å². The van der Waals surface area contributed by atoms with Crippen LogP contribution in [-0.4, -0.2) is 6.00 Å². The van der Waals surface area contributed by atoms with Gasteiger partial charge in [0.2, 0.25) is 0 Å². The highest BCUT2D eigenvalue weighted by molar-refractivity contribution is 7.64. The van der Waals surface area contributed by atoms with Gasteiger partial charge in [0.25, 0.3) is 0 Å². The van der Waals surface area contributed by atoms with Gasteiger partial charge in [0.15, 0.2) is 0 Å². The zero-order valence-electron chi connectivity index (χ0n) is 8.13. The third-order valence-electron chi connectivity index (χ3n) is 1.64. The number of halogens is 3. The van der Waals surface area contributed by atoms with E-state index in [9.17, 15) is 0 Å². The van der Waals surface area contributed by atoms with E-state index in [4.69, 9.17) is 33.2 Å². The standard InChI is InChI=1S/C8H17Cl3Si/c1-7(2)5-8(3,4)6-12(9,10)11/h7H,5-6H2,1-4H3. The fraction of sp³-hybridized carbons (Fsp3) is 1.00. The Morgan fingerprint density at radius 1 is 1.17 bits per heavy atom. The average Bonchev–Trinajstić information content (AvgIpc) is 1.48. The van der Waals surface area contributed by atoms with Gasteiger partial charge >= 0.3 is 6.00 Å². The van der Waals surface area contributed by atoms with Crippen molar-refractivity contribution in [3.8, 4) is 0 Å². The molecule has 0 unspecified atom stereocenters. The summed E-state index contributed by atoms with van der Waals surface area (Å²) >= 11 is 17.6. The lowest BCUT2D eigenvalue weighted by Crippen LogP contribution is -2.24. The molecule has 0 heterocycles. The van der Waals surface area contributed by atoms with E-state index >= 15 is 0 Å². The maximum atomic E-state index is 5.87. The molecule has 0 aliphatic heterocycles. The molecule has 0 nitrogen and oxygen atoms in total. The molecule has 74 valence electrons. The Kier molecular flexibility index (Phi) is 4.95. The van der Waals surface area contributed by atoms with Gasteiger partial charge in [-0.15, -0.1) is 33.2 Å². The Hall–Kier alpha value is 1.09. The summed E-state index contributed by atoms with van der Waals surface area (Å²) < 4.78 is 0. The first-order valence-electron chi connectivity index (χ1n) is 4.19. The van der Waals surface area contributed by atoms with Crippen molar-refractivity contribution in [3.05, 3.63) is 0 Å². The highest BCUT2D eigenvalue weighted by Crippen LogP contribution is 2.39.